The monoisotopic (exact) mass is 409 g/mol. The third kappa shape index (κ3) is 5.38. The topological polar surface area (TPSA) is 62.7 Å². The number of aromatic nitrogens is 1. The molecule has 1 aliphatic rings. The van der Waals surface area contributed by atoms with Gasteiger partial charge in [0, 0.05) is 38.6 Å². The van der Waals surface area contributed by atoms with Gasteiger partial charge in [-0.3, -0.25) is 14.6 Å². The molecule has 2 heterocycles. The number of rotatable bonds is 4. The summed E-state index contributed by atoms with van der Waals surface area (Å²) in [5.41, 5.74) is 2.78. The number of amides is 2. The van der Waals surface area contributed by atoms with Crippen LogP contribution in [-0.2, 0) is 10.2 Å². The van der Waals surface area contributed by atoms with Crippen molar-refractivity contribution in [3.05, 3.63) is 59.4 Å². The zero-order valence-corrected chi connectivity index (χ0v) is 18.4. The lowest BCUT2D eigenvalue weighted by molar-refractivity contribution is -0.133. The molecule has 6 nitrogen and oxygen atoms in total. The van der Waals surface area contributed by atoms with Gasteiger partial charge in [-0.15, -0.1) is 0 Å². The fourth-order valence-corrected chi connectivity index (χ4v) is 3.63. The summed E-state index contributed by atoms with van der Waals surface area (Å²) in [6.07, 6.45) is 3.98. The molecule has 0 spiro atoms. The Labute approximate surface area is 178 Å². The lowest BCUT2D eigenvalue weighted by Gasteiger charge is -2.25. The van der Waals surface area contributed by atoms with Crippen LogP contribution in [0, 0.1) is 6.92 Å². The lowest BCUT2D eigenvalue weighted by Crippen LogP contribution is -2.39. The minimum atomic E-state index is -0.0693. The van der Waals surface area contributed by atoms with Gasteiger partial charge in [0.05, 0.1) is 5.56 Å². The standard InChI is InChI=1S/C24H31N3O3/c1-18-8-9-21(20(15-18)24(2,3)4)30-17-22(28)26-11-6-12-27(14-13-26)23(29)19-7-5-10-25-16-19/h5,7-10,15-16H,6,11-14,17H2,1-4H3. The lowest BCUT2D eigenvalue weighted by atomic mass is 9.85. The maximum absolute atomic E-state index is 12.8. The summed E-state index contributed by atoms with van der Waals surface area (Å²) in [4.78, 5) is 33.1. The fourth-order valence-electron chi connectivity index (χ4n) is 3.63. The van der Waals surface area contributed by atoms with Crippen LogP contribution in [0.25, 0.3) is 0 Å². The van der Waals surface area contributed by atoms with Gasteiger partial charge in [-0.05, 0) is 42.5 Å². The summed E-state index contributed by atoms with van der Waals surface area (Å²) in [6, 6.07) is 9.59. The summed E-state index contributed by atoms with van der Waals surface area (Å²) in [6.45, 7) is 10.7. The van der Waals surface area contributed by atoms with Gasteiger partial charge in [0.1, 0.15) is 5.75 Å². The number of carbonyl (C=O) groups is 2. The first-order valence-electron chi connectivity index (χ1n) is 10.5. The third-order valence-electron chi connectivity index (χ3n) is 5.34. The molecule has 1 fully saturated rings. The Hall–Kier alpha value is -2.89. The Balaban J connectivity index is 1.59. The van der Waals surface area contributed by atoms with Crippen LogP contribution in [0.4, 0.5) is 0 Å². The number of pyridine rings is 1. The molecule has 0 unspecified atom stereocenters. The number of nitrogens with zero attached hydrogens (tertiary/aromatic N) is 3. The molecule has 0 aliphatic carbocycles. The van der Waals surface area contributed by atoms with Crippen molar-refractivity contribution >= 4 is 11.8 Å². The quantitative estimate of drug-likeness (QED) is 0.776. The SMILES string of the molecule is Cc1ccc(OCC(=O)N2CCCN(C(=O)c3cccnc3)CC2)c(C(C)(C)C)c1. The molecular formula is C24H31N3O3. The Morgan fingerprint density at radius 3 is 2.50 bits per heavy atom. The van der Waals surface area contributed by atoms with Crippen molar-refractivity contribution in [2.75, 3.05) is 32.8 Å². The van der Waals surface area contributed by atoms with E-state index in [2.05, 4.69) is 38.7 Å². The zero-order chi connectivity index (χ0) is 21.7. The highest BCUT2D eigenvalue weighted by Gasteiger charge is 2.24. The van der Waals surface area contributed by atoms with Gasteiger partial charge < -0.3 is 14.5 Å². The molecule has 30 heavy (non-hydrogen) atoms. The Kier molecular flexibility index (Phi) is 6.75. The number of carbonyl (C=O) groups excluding carboxylic acids is 2. The smallest absolute Gasteiger partial charge is 0.260 e. The second kappa shape index (κ2) is 9.28. The highest BCUT2D eigenvalue weighted by atomic mass is 16.5. The number of hydrogen-bond donors (Lipinski definition) is 0. The molecule has 0 N–H and O–H groups in total. The van der Waals surface area contributed by atoms with E-state index < -0.39 is 0 Å². The molecule has 1 aromatic carbocycles. The van der Waals surface area contributed by atoms with E-state index in [0.29, 0.717) is 31.7 Å². The molecule has 1 saturated heterocycles. The van der Waals surface area contributed by atoms with Crippen molar-refractivity contribution in [3.63, 3.8) is 0 Å². The maximum atomic E-state index is 12.8. The van der Waals surface area contributed by atoms with Crippen molar-refractivity contribution in [1.29, 1.82) is 0 Å². The van der Waals surface area contributed by atoms with Gasteiger partial charge in [-0.25, -0.2) is 0 Å². The van der Waals surface area contributed by atoms with Crippen molar-refractivity contribution in [2.45, 2.75) is 39.5 Å². The van der Waals surface area contributed by atoms with Crippen LogP contribution >= 0.6 is 0 Å². The predicted molar refractivity (Wildman–Crippen MR) is 117 cm³/mol. The summed E-state index contributed by atoms with van der Waals surface area (Å²) < 4.78 is 5.94. The van der Waals surface area contributed by atoms with Crippen molar-refractivity contribution in [1.82, 2.24) is 14.8 Å². The second-order valence-corrected chi connectivity index (χ2v) is 8.81. The van der Waals surface area contributed by atoms with Crippen LogP contribution in [-0.4, -0.2) is 59.4 Å². The predicted octanol–water partition coefficient (Wildman–Crippen LogP) is 3.44. The summed E-state index contributed by atoms with van der Waals surface area (Å²) in [5.74, 6) is 0.666. The number of benzene rings is 1. The van der Waals surface area contributed by atoms with Gasteiger partial charge in [0.2, 0.25) is 0 Å². The number of ether oxygens (including phenoxy) is 1. The molecule has 0 saturated carbocycles. The maximum Gasteiger partial charge on any atom is 0.260 e. The van der Waals surface area contributed by atoms with Crippen LogP contribution < -0.4 is 4.74 Å². The summed E-state index contributed by atoms with van der Waals surface area (Å²) >= 11 is 0. The zero-order valence-electron chi connectivity index (χ0n) is 18.4. The summed E-state index contributed by atoms with van der Waals surface area (Å²) in [5, 5.41) is 0. The van der Waals surface area contributed by atoms with E-state index >= 15 is 0 Å². The van der Waals surface area contributed by atoms with Crippen molar-refractivity contribution in [2.24, 2.45) is 0 Å². The average Bonchev–Trinajstić information content (AvgIpc) is 2.98. The Bertz CT molecular complexity index is 890. The van der Waals surface area contributed by atoms with E-state index in [1.807, 2.05) is 12.1 Å². The largest absolute Gasteiger partial charge is 0.483 e. The van der Waals surface area contributed by atoms with E-state index in [9.17, 15) is 9.59 Å². The number of hydrogen-bond acceptors (Lipinski definition) is 4. The van der Waals surface area contributed by atoms with Crippen LogP contribution in [0.5, 0.6) is 5.75 Å². The summed E-state index contributed by atoms with van der Waals surface area (Å²) in [7, 11) is 0. The number of aryl methyl sites for hydroxylation is 1. The second-order valence-electron chi connectivity index (χ2n) is 8.81. The van der Waals surface area contributed by atoms with Crippen LogP contribution in [0.2, 0.25) is 0 Å². The van der Waals surface area contributed by atoms with Crippen LogP contribution in [0.3, 0.4) is 0 Å². The first-order valence-corrected chi connectivity index (χ1v) is 10.5. The molecule has 1 aromatic heterocycles. The van der Waals surface area contributed by atoms with E-state index in [0.717, 1.165) is 17.7 Å². The highest BCUT2D eigenvalue weighted by Crippen LogP contribution is 2.32. The van der Waals surface area contributed by atoms with E-state index in [4.69, 9.17) is 4.74 Å². The fraction of sp³-hybridized carbons (Fsp3) is 0.458. The van der Waals surface area contributed by atoms with E-state index in [1.165, 1.54) is 5.56 Å². The first kappa shape index (κ1) is 21.8. The molecule has 160 valence electrons. The van der Waals surface area contributed by atoms with Gasteiger partial charge >= 0.3 is 0 Å². The molecule has 2 amide bonds. The molecule has 1 aliphatic heterocycles. The van der Waals surface area contributed by atoms with Gasteiger partial charge in [0.25, 0.3) is 11.8 Å². The third-order valence-corrected chi connectivity index (χ3v) is 5.34. The van der Waals surface area contributed by atoms with Crippen LogP contribution in [0.15, 0.2) is 42.7 Å². The normalized spacial score (nSPS) is 14.9. The molecule has 3 rings (SSSR count). The van der Waals surface area contributed by atoms with E-state index in [1.54, 1.807) is 34.3 Å². The highest BCUT2D eigenvalue weighted by molar-refractivity contribution is 5.94. The molecule has 0 atom stereocenters. The van der Waals surface area contributed by atoms with Gasteiger partial charge in [0.15, 0.2) is 6.61 Å². The molecule has 6 heteroatoms. The molecule has 0 radical (unpaired) electrons. The van der Waals surface area contributed by atoms with Gasteiger partial charge in [-0.2, -0.15) is 0 Å². The van der Waals surface area contributed by atoms with E-state index in [-0.39, 0.29) is 23.8 Å². The molecule has 0 bridgehead atoms. The minimum absolute atomic E-state index is 0.00267. The Morgan fingerprint density at radius 1 is 1.07 bits per heavy atom. The first-order chi connectivity index (χ1) is 14.3. The van der Waals surface area contributed by atoms with Crippen molar-refractivity contribution < 1.29 is 14.3 Å². The molecule has 2 aromatic rings. The minimum Gasteiger partial charge on any atom is -0.483 e. The van der Waals surface area contributed by atoms with Crippen LogP contribution in [0.1, 0.15) is 48.7 Å². The van der Waals surface area contributed by atoms with Gasteiger partial charge in [-0.1, -0.05) is 38.5 Å². The van der Waals surface area contributed by atoms with Crippen molar-refractivity contribution in [3.8, 4) is 5.75 Å². The molecular weight excluding hydrogens is 378 g/mol. The average molecular weight is 410 g/mol. The Morgan fingerprint density at radius 2 is 1.80 bits per heavy atom.